The predicted octanol–water partition coefficient (Wildman–Crippen LogP) is 2.36. The topological polar surface area (TPSA) is 61.8 Å². The molecule has 2 N–H and O–H groups in total. The van der Waals surface area contributed by atoms with Crippen molar-refractivity contribution in [2.75, 3.05) is 33.4 Å². The summed E-state index contributed by atoms with van der Waals surface area (Å²) >= 11 is 0. The van der Waals surface area contributed by atoms with E-state index in [1.54, 1.807) is 14.0 Å². The Morgan fingerprint density at radius 3 is 2.52 bits per heavy atom. The van der Waals surface area contributed by atoms with Gasteiger partial charge in [-0.15, -0.1) is 0 Å². The van der Waals surface area contributed by atoms with Crippen molar-refractivity contribution in [3.05, 3.63) is 0 Å². The second-order valence-corrected chi connectivity index (χ2v) is 5.95. The average molecular weight is 302 g/mol. The third-order valence-electron chi connectivity index (χ3n) is 4.05. The summed E-state index contributed by atoms with van der Waals surface area (Å²) in [6.45, 7) is 11.6. The van der Waals surface area contributed by atoms with Crippen LogP contribution in [0.25, 0.3) is 0 Å². The maximum Gasteiger partial charge on any atom is 0.323 e. The molecule has 21 heavy (non-hydrogen) atoms. The molecule has 0 aromatic carbocycles. The van der Waals surface area contributed by atoms with Crippen molar-refractivity contribution in [2.45, 2.75) is 65.0 Å². The third-order valence-corrected chi connectivity index (χ3v) is 4.05. The zero-order valence-corrected chi connectivity index (χ0v) is 14.4. The summed E-state index contributed by atoms with van der Waals surface area (Å²) in [6.07, 6.45) is 3.54. The molecule has 0 saturated heterocycles. The van der Waals surface area contributed by atoms with Gasteiger partial charge in [0.2, 0.25) is 0 Å². The lowest BCUT2D eigenvalue weighted by Gasteiger charge is -2.29. The Labute approximate surface area is 130 Å². The largest absolute Gasteiger partial charge is 0.480 e. The van der Waals surface area contributed by atoms with E-state index in [1.807, 2.05) is 6.92 Å². The maximum atomic E-state index is 11.4. The number of hydrogen-bond acceptors (Lipinski definition) is 4. The molecule has 2 atom stereocenters. The molecule has 0 heterocycles. The monoisotopic (exact) mass is 302 g/mol. The van der Waals surface area contributed by atoms with Crippen molar-refractivity contribution in [1.82, 2.24) is 10.2 Å². The van der Waals surface area contributed by atoms with Crippen LogP contribution in [0.15, 0.2) is 0 Å². The lowest BCUT2D eigenvalue weighted by atomic mass is 9.94. The van der Waals surface area contributed by atoms with Crippen LogP contribution < -0.4 is 5.32 Å². The molecule has 0 aromatic heterocycles. The number of nitrogens with zero attached hydrogens (tertiary/aromatic N) is 1. The van der Waals surface area contributed by atoms with E-state index in [9.17, 15) is 9.90 Å². The highest BCUT2D eigenvalue weighted by molar-refractivity contribution is 5.78. The second-order valence-electron chi connectivity index (χ2n) is 5.95. The molecule has 0 bridgehead atoms. The maximum absolute atomic E-state index is 11.4. The van der Waals surface area contributed by atoms with Crippen molar-refractivity contribution >= 4 is 5.97 Å². The molecule has 0 aliphatic carbocycles. The van der Waals surface area contributed by atoms with E-state index in [4.69, 9.17) is 4.74 Å². The van der Waals surface area contributed by atoms with Crippen LogP contribution in [0.5, 0.6) is 0 Å². The minimum Gasteiger partial charge on any atom is -0.480 e. The Bertz CT molecular complexity index is 287. The number of hydrogen-bond donors (Lipinski definition) is 2. The Morgan fingerprint density at radius 1 is 1.38 bits per heavy atom. The van der Waals surface area contributed by atoms with Crippen LogP contribution in [-0.2, 0) is 9.53 Å². The molecule has 0 aliphatic heterocycles. The van der Waals surface area contributed by atoms with Crippen molar-refractivity contribution in [2.24, 2.45) is 0 Å². The number of unbranched alkanes of at least 4 members (excludes halogenated alkanes) is 1. The van der Waals surface area contributed by atoms with E-state index < -0.39 is 11.5 Å². The molecule has 2 unspecified atom stereocenters. The minimum absolute atomic E-state index is 0.407. The fraction of sp³-hybridized carbons (Fsp3) is 0.938. The number of carboxylic acids is 1. The first-order valence-electron chi connectivity index (χ1n) is 8.12. The van der Waals surface area contributed by atoms with E-state index in [0.717, 1.165) is 45.5 Å². The molecule has 0 aromatic rings. The molecule has 0 saturated carbocycles. The summed E-state index contributed by atoms with van der Waals surface area (Å²) in [7, 11) is 1.72. The van der Waals surface area contributed by atoms with E-state index in [2.05, 4.69) is 24.1 Å². The highest BCUT2D eigenvalue weighted by atomic mass is 16.5. The number of likely N-dealkylation sites (N-methyl/N-ethyl adjacent to an activating group) is 1. The summed E-state index contributed by atoms with van der Waals surface area (Å²) in [6, 6.07) is 0.407. The summed E-state index contributed by atoms with van der Waals surface area (Å²) in [5, 5.41) is 12.5. The first-order valence-corrected chi connectivity index (χ1v) is 8.12. The SMILES string of the molecule is CCCNC(C)(CCCCN(CC)C(C)COC)C(=O)O. The van der Waals surface area contributed by atoms with E-state index in [-0.39, 0.29) is 0 Å². The van der Waals surface area contributed by atoms with Crippen LogP contribution in [-0.4, -0.2) is 60.9 Å². The lowest BCUT2D eigenvalue weighted by Crippen LogP contribution is -2.49. The molecule has 0 spiro atoms. The van der Waals surface area contributed by atoms with Gasteiger partial charge in [0.1, 0.15) is 5.54 Å². The smallest absolute Gasteiger partial charge is 0.323 e. The van der Waals surface area contributed by atoms with Crippen LogP contribution in [0.2, 0.25) is 0 Å². The summed E-state index contributed by atoms with van der Waals surface area (Å²) < 4.78 is 5.19. The van der Waals surface area contributed by atoms with Gasteiger partial charge in [0.25, 0.3) is 0 Å². The van der Waals surface area contributed by atoms with Gasteiger partial charge in [0, 0.05) is 13.2 Å². The molecule has 0 rings (SSSR count). The zero-order chi connectivity index (χ0) is 16.3. The van der Waals surface area contributed by atoms with Gasteiger partial charge in [0.15, 0.2) is 0 Å². The molecular formula is C16H34N2O3. The fourth-order valence-electron chi connectivity index (χ4n) is 2.50. The molecule has 0 radical (unpaired) electrons. The number of methoxy groups -OCH3 is 1. The van der Waals surface area contributed by atoms with E-state index in [1.165, 1.54) is 0 Å². The first-order chi connectivity index (χ1) is 9.91. The van der Waals surface area contributed by atoms with Crippen LogP contribution in [0.3, 0.4) is 0 Å². The van der Waals surface area contributed by atoms with Gasteiger partial charge in [-0.1, -0.05) is 13.8 Å². The molecule has 5 nitrogen and oxygen atoms in total. The fourth-order valence-corrected chi connectivity index (χ4v) is 2.50. The lowest BCUT2D eigenvalue weighted by molar-refractivity contribution is -0.144. The number of carboxylic acid groups (broad SMARTS) is 1. The summed E-state index contributed by atoms with van der Waals surface area (Å²) in [5.74, 6) is -0.754. The van der Waals surface area contributed by atoms with Gasteiger partial charge >= 0.3 is 5.97 Å². The van der Waals surface area contributed by atoms with E-state index in [0.29, 0.717) is 12.5 Å². The van der Waals surface area contributed by atoms with Crippen molar-refractivity contribution in [3.8, 4) is 0 Å². The zero-order valence-electron chi connectivity index (χ0n) is 14.4. The molecule has 126 valence electrons. The van der Waals surface area contributed by atoms with E-state index >= 15 is 0 Å². The Hall–Kier alpha value is -0.650. The minimum atomic E-state index is -0.800. The van der Waals surface area contributed by atoms with Crippen molar-refractivity contribution in [3.63, 3.8) is 0 Å². The number of aliphatic carboxylic acids is 1. The normalized spacial score (nSPS) is 15.9. The quantitative estimate of drug-likeness (QED) is 0.511. The third kappa shape index (κ3) is 7.79. The molecule has 0 amide bonds. The van der Waals surface area contributed by atoms with Gasteiger partial charge in [-0.2, -0.15) is 0 Å². The van der Waals surface area contributed by atoms with Crippen LogP contribution >= 0.6 is 0 Å². The van der Waals surface area contributed by atoms with Crippen LogP contribution in [0.1, 0.15) is 53.4 Å². The number of carbonyl (C=O) groups is 1. The molecule has 0 aliphatic rings. The highest BCUT2D eigenvalue weighted by Crippen LogP contribution is 2.15. The molecule has 0 fully saturated rings. The molecular weight excluding hydrogens is 268 g/mol. The Balaban J connectivity index is 4.17. The van der Waals surface area contributed by atoms with Gasteiger partial charge in [-0.25, -0.2) is 0 Å². The Morgan fingerprint density at radius 2 is 2.05 bits per heavy atom. The summed E-state index contributed by atoms with van der Waals surface area (Å²) in [4.78, 5) is 13.8. The number of nitrogens with one attached hydrogen (secondary N) is 1. The summed E-state index contributed by atoms with van der Waals surface area (Å²) in [5.41, 5.74) is -0.800. The molecule has 5 heteroatoms. The van der Waals surface area contributed by atoms with Gasteiger partial charge < -0.3 is 15.2 Å². The average Bonchev–Trinajstić information content (AvgIpc) is 2.45. The number of ether oxygens (including phenoxy) is 1. The standard InChI is InChI=1S/C16H34N2O3/c1-6-11-17-16(4,15(19)20)10-8-9-12-18(7-2)14(3)13-21-5/h14,17H,6-13H2,1-5H3,(H,19,20). The van der Waals surface area contributed by atoms with Gasteiger partial charge in [-0.05, 0) is 59.2 Å². The van der Waals surface area contributed by atoms with Crippen LogP contribution in [0.4, 0.5) is 0 Å². The van der Waals surface area contributed by atoms with Crippen LogP contribution in [0, 0.1) is 0 Å². The predicted molar refractivity (Wildman–Crippen MR) is 86.8 cm³/mol. The Kier molecular flexibility index (Phi) is 10.6. The highest BCUT2D eigenvalue weighted by Gasteiger charge is 2.31. The van der Waals surface area contributed by atoms with Gasteiger partial charge in [-0.3, -0.25) is 9.69 Å². The van der Waals surface area contributed by atoms with Crippen molar-refractivity contribution in [1.29, 1.82) is 0 Å². The number of rotatable bonds is 13. The van der Waals surface area contributed by atoms with Crippen molar-refractivity contribution < 1.29 is 14.6 Å². The second kappa shape index (κ2) is 11.0. The first kappa shape index (κ1) is 20.3. The van der Waals surface area contributed by atoms with Gasteiger partial charge in [0.05, 0.1) is 6.61 Å².